The second-order valence-corrected chi connectivity index (χ2v) is 4.63. The van der Waals surface area contributed by atoms with Crippen molar-refractivity contribution in [3.8, 4) is 0 Å². The maximum Gasteiger partial charge on any atom is 0.137 e. The zero-order valence-electron chi connectivity index (χ0n) is 9.69. The van der Waals surface area contributed by atoms with Crippen molar-refractivity contribution in [3.63, 3.8) is 0 Å². The lowest BCUT2D eigenvalue weighted by atomic mass is 10.1. The van der Waals surface area contributed by atoms with Crippen LogP contribution in [-0.2, 0) is 6.42 Å². The van der Waals surface area contributed by atoms with Crippen LogP contribution in [0.3, 0.4) is 0 Å². The molecular weight excluding hydrogens is 269 g/mol. The van der Waals surface area contributed by atoms with E-state index in [-0.39, 0.29) is 5.82 Å². The van der Waals surface area contributed by atoms with Crippen LogP contribution < -0.4 is 5.32 Å². The first-order valence-electron chi connectivity index (χ1n) is 5.38. The van der Waals surface area contributed by atoms with E-state index in [1.807, 2.05) is 13.1 Å². The fraction of sp³-hybridized carbons (Fsp3) is 0.385. The molecule has 0 atom stereocenters. The summed E-state index contributed by atoms with van der Waals surface area (Å²) in [7, 11) is 1.94. The van der Waals surface area contributed by atoms with E-state index in [0.29, 0.717) is 4.47 Å². The van der Waals surface area contributed by atoms with Gasteiger partial charge in [-0.2, -0.15) is 0 Å². The average Bonchev–Trinajstić information content (AvgIpc) is 2.25. The number of nitrogens with one attached hydrogen (secondary N) is 1. The number of allylic oxidation sites excluding steroid dienone is 1. The highest BCUT2D eigenvalue weighted by Crippen LogP contribution is 2.22. The van der Waals surface area contributed by atoms with E-state index in [2.05, 4.69) is 34.2 Å². The summed E-state index contributed by atoms with van der Waals surface area (Å²) in [5.74, 6) is -0.194. The van der Waals surface area contributed by atoms with Gasteiger partial charge in [-0.25, -0.2) is 4.39 Å². The molecule has 16 heavy (non-hydrogen) atoms. The van der Waals surface area contributed by atoms with Crippen molar-refractivity contribution in [2.75, 3.05) is 13.6 Å². The van der Waals surface area contributed by atoms with Crippen LogP contribution in [0.15, 0.2) is 34.3 Å². The van der Waals surface area contributed by atoms with Crippen molar-refractivity contribution >= 4 is 15.9 Å². The number of hydrogen-bond acceptors (Lipinski definition) is 1. The molecule has 0 amide bonds. The molecule has 0 bridgehead atoms. The minimum absolute atomic E-state index is 0.194. The highest BCUT2D eigenvalue weighted by molar-refractivity contribution is 9.10. The van der Waals surface area contributed by atoms with Crippen molar-refractivity contribution in [2.45, 2.75) is 19.8 Å². The second kappa shape index (κ2) is 6.81. The monoisotopic (exact) mass is 285 g/mol. The van der Waals surface area contributed by atoms with Gasteiger partial charge in [0.2, 0.25) is 0 Å². The van der Waals surface area contributed by atoms with Crippen LogP contribution in [0.25, 0.3) is 0 Å². The van der Waals surface area contributed by atoms with Gasteiger partial charge in [-0.05, 0) is 60.9 Å². The third-order valence-electron chi connectivity index (χ3n) is 2.39. The predicted molar refractivity (Wildman–Crippen MR) is 70.1 cm³/mol. The zero-order valence-corrected chi connectivity index (χ0v) is 11.3. The molecule has 1 aromatic rings. The molecule has 0 saturated carbocycles. The molecule has 0 radical (unpaired) electrons. The normalized spacial score (nSPS) is 11.9. The van der Waals surface area contributed by atoms with E-state index < -0.39 is 0 Å². The summed E-state index contributed by atoms with van der Waals surface area (Å²) in [5, 5.41) is 3.09. The molecule has 3 heteroatoms. The van der Waals surface area contributed by atoms with Crippen LogP contribution in [0.5, 0.6) is 0 Å². The minimum atomic E-state index is -0.194. The molecule has 0 saturated heterocycles. The summed E-state index contributed by atoms with van der Waals surface area (Å²) in [6.07, 6.45) is 3.99. The van der Waals surface area contributed by atoms with Gasteiger partial charge < -0.3 is 5.32 Å². The Balaban J connectivity index is 2.66. The highest BCUT2D eigenvalue weighted by atomic mass is 79.9. The summed E-state index contributed by atoms with van der Waals surface area (Å²) < 4.78 is 13.8. The first kappa shape index (κ1) is 13.4. The van der Waals surface area contributed by atoms with Gasteiger partial charge in [0.25, 0.3) is 0 Å². The van der Waals surface area contributed by atoms with E-state index in [1.54, 1.807) is 6.07 Å². The molecule has 0 aromatic heterocycles. The van der Waals surface area contributed by atoms with Crippen molar-refractivity contribution in [1.82, 2.24) is 5.32 Å². The average molecular weight is 286 g/mol. The molecule has 1 N–H and O–H groups in total. The molecule has 1 nitrogen and oxygen atoms in total. The first-order valence-corrected chi connectivity index (χ1v) is 6.17. The van der Waals surface area contributed by atoms with Crippen molar-refractivity contribution in [2.24, 2.45) is 0 Å². The largest absolute Gasteiger partial charge is 0.319 e. The van der Waals surface area contributed by atoms with E-state index in [9.17, 15) is 4.39 Å². The molecule has 0 unspecified atom stereocenters. The molecule has 0 heterocycles. The van der Waals surface area contributed by atoms with Gasteiger partial charge in [0.15, 0.2) is 0 Å². The lowest BCUT2D eigenvalue weighted by molar-refractivity contribution is 0.618. The Morgan fingerprint density at radius 3 is 2.94 bits per heavy atom. The molecule has 0 fully saturated rings. The van der Waals surface area contributed by atoms with E-state index in [1.165, 1.54) is 11.6 Å². The van der Waals surface area contributed by atoms with Gasteiger partial charge >= 0.3 is 0 Å². The minimum Gasteiger partial charge on any atom is -0.319 e. The summed E-state index contributed by atoms with van der Waals surface area (Å²) >= 11 is 3.28. The van der Waals surface area contributed by atoms with Gasteiger partial charge in [-0.1, -0.05) is 23.8 Å². The van der Waals surface area contributed by atoms with Gasteiger partial charge in [0.05, 0.1) is 4.47 Å². The third-order valence-corrected chi connectivity index (χ3v) is 3.28. The molecule has 0 aliphatic carbocycles. The number of benzene rings is 1. The van der Waals surface area contributed by atoms with Crippen LogP contribution in [0.4, 0.5) is 4.39 Å². The standard InChI is InChI=1S/C13H17BrFN/c1-10(5-4-8-16-2)9-11-6-3-7-12(15)13(11)14/h3,5-7,16H,4,8-9H2,1-2H3/b10-5-. The lowest BCUT2D eigenvalue weighted by Gasteiger charge is -2.05. The lowest BCUT2D eigenvalue weighted by Crippen LogP contribution is -2.06. The topological polar surface area (TPSA) is 12.0 Å². The Hall–Kier alpha value is -0.670. The fourth-order valence-corrected chi connectivity index (χ4v) is 1.92. The SMILES string of the molecule is CNCC/C=C(/C)Cc1cccc(F)c1Br. The first-order chi connectivity index (χ1) is 7.65. The summed E-state index contributed by atoms with van der Waals surface area (Å²) in [4.78, 5) is 0. The Morgan fingerprint density at radius 1 is 1.50 bits per heavy atom. The molecule has 0 aliphatic heterocycles. The van der Waals surface area contributed by atoms with Crippen LogP contribution >= 0.6 is 15.9 Å². The van der Waals surface area contributed by atoms with Crippen molar-refractivity contribution < 1.29 is 4.39 Å². The summed E-state index contributed by atoms with van der Waals surface area (Å²) in [5.41, 5.74) is 2.26. The maximum atomic E-state index is 13.3. The summed E-state index contributed by atoms with van der Waals surface area (Å²) in [6, 6.07) is 5.16. The fourth-order valence-electron chi connectivity index (χ4n) is 1.52. The Bertz CT molecular complexity index is 374. The smallest absolute Gasteiger partial charge is 0.137 e. The number of hydrogen-bond donors (Lipinski definition) is 1. The van der Waals surface area contributed by atoms with Gasteiger partial charge in [-0.15, -0.1) is 0 Å². The van der Waals surface area contributed by atoms with E-state index in [0.717, 1.165) is 24.9 Å². The Kier molecular flexibility index (Phi) is 5.71. The Morgan fingerprint density at radius 2 is 2.25 bits per heavy atom. The molecule has 0 aliphatic rings. The van der Waals surface area contributed by atoms with Gasteiger partial charge in [-0.3, -0.25) is 0 Å². The molecular formula is C13H17BrFN. The van der Waals surface area contributed by atoms with E-state index >= 15 is 0 Å². The summed E-state index contributed by atoms with van der Waals surface area (Å²) in [6.45, 7) is 3.05. The van der Waals surface area contributed by atoms with Crippen molar-refractivity contribution in [3.05, 3.63) is 45.7 Å². The quantitative estimate of drug-likeness (QED) is 0.643. The van der Waals surface area contributed by atoms with Crippen LogP contribution in [0.2, 0.25) is 0 Å². The molecule has 1 aromatic carbocycles. The van der Waals surface area contributed by atoms with Crippen LogP contribution in [-0.4, -0.2) is 13.6 Å². The molecule has 0 spiro atoms. The number of halogens is 2. The third kappa shape index (κ3) is 4.06. The van der Waals surface area contributed by atoms with Crippen molar-refractivity contribution in [1.29, 1.82) is 0 Å². The van der Waals surface area contributed by atoms with Gasteiger partial charge in [0.1, 0.15) is 5.82 Å². The van der Waals surface area contributed by atoms with Gasteiger partial charge in [0, 0.05) is 0 Å². The Labute approximate surface area is 105 Å². The van der Waals surface area contributed by atoms with Crippen LogP contribution in [0, 0.1) is 5.82 Å². The predicted octanol–water partition coefficient (Wildman–Crippen LogP) is 3.69. The zero-order chi connectivity index (χ0) is 12.0. The second-order valence-electron chi connectivity index (χ2n) is 3.83. The molecule has 1 rings (SSSR count). The van der Waals surface area contributed by atoms with E-state index in [4.69, 9.17) is 0 Å². The van der Waals surface area contributed by atoms with Crippen LogP contribution in [0.1, 0.15) is 18.9 Å². The molecule has 88 valence electrons. The number of rotatable bonds is 5. The maximum absolute atomic E-state index is 13.3. The highest BCUT2D eigenvalue weighted by Gasteiger charge is 2.04.